The van der Waals surface area contributed by atoms with Crippen LogP contribution >= 0.6 is 0 Å². The van der Waals surface area contributed by atoms with Gasteiger partial charge in [-0.25, -0.2) is 0 Å². The molecule has 2 atom stereocenters. The molecule has 0 spiro atoms. The summed E-state index contributed by atoms with van der Waals surface area (Å²) in [5.74, 6) is -0.0344. The zero-order valence-corrected chi connectivity index (χ0v) is 7.72. The van der Waals surface area contributed by atoms with Gasteiger partial charge in [0.1, 0.15) is 0 Å². The molecule has 3 nitrogen and oxygen atoms in total. The summed E-state index contributed by atoms with van der Waals surface area (Å²) in [6.07, 6.45) is 0.0441. The van der Waals surface area contributed by atoms with Gasteiger partial charge in [-0.3, -0.25) is 4.79 Å². The fraction of sp³-hybridized carbons (Fsp3) is 0.667. The number of aliphatic hydroxyl groups excluding tert-OH is 1. The van der Waals surface area contributed by atoms with Crippen LogP contribution in [0, 0.1) is 0 Å². The minimum atomic E-state index is -0.437. The molecule has 1 saturated heterocycles. The number of hydrogen-bond donors (Lipinski definition) is 2. The maximum atomic E-state index is 11.3. The molecule has 1 amide bonds. The van der Waals surface area contributed by atoms with Crippen LogP contribution in [0.3, 0.4) is 0 Å². The van der Waals surface area contributed by atoms with Crippen LogP contribution in [-0.2, 0) is 4.79 Å². The van der Waals surface area contributed by atoms with Gasteiger partial charge in [0.25, 0.3) is 0 Å². The zero-order chi connectivity index (χ0) is 9.30. The molecule has 0 aromatic heterocycles. The third-order valence-electron chi connectivity index (χ3n) is 2.23. The molecule has 0 radical (unpaired) electrons. The van der Waals surface area contributed by atoms with Crippen molar-refractivity contribution in [3.63, 3.8) is 0 Å². The number of piperidine rings is 1. The van der Waals surface area contributed by atoms with Crippen LogP contribution in [0.1, 0.15) is 27.2 Å². The normalized spacial score (nSPS) is 30.0. The van der Waals surface area contributed by atoms with Crippen molar-refractivity contribution in [3.8, 4) is 0 Å². The number of carbonyl (C=O) groups excluding carboxylic acids is 1. The largest absolute Gasteiger partial charge is 0.391 e. The lowest BCUT2D eigenvalue weighted by molar-refractivity contribution is -0.121. The van der Waals surface area contributed by atoms with Gasteiger partial charge < -0.3 is 10.4 Å². The first-order valence-electron chi connectivity index (χ1n) is 4.17. The van der Waals surface area contributed by atoms with E-state index in [0.29, 0.717) is 6.42 Å². The topological polar surface area (TPSA) is 49.3 Å². The summed E-state index contributed by atoms with van der Waals surface area (Å²) in [5.41, 5.74) is 1.71. The summed E-state index contributed by atoms with van der Waals surface area (Å²) >= 11 is 0. The van der Waals surface area contributed by atoms with E-state index in [0.717, 1.165) is 11.1 Å². The zero-order valence-electron chi connectivity index (χ0n) is 7.72. The first-order chi connectivity index (χ1) is 5.52. The van der Waals surface area contributed by atoms with Crippen molar-refractivity contribution in [3.05, 3.63) is 11.1 Å². The SMILES string of the molecule is CC(C)=C1C[C@H](O)[C@H](C)NC1=O. The molecular weight excluding hydrogens is 154 g/mol. The molecule has 1 fully saturated rings. The van der Waals surface area contributed by atoms with Crippen LogP contribution in [0.15, 0.2) is 11.1 Å². The van der Waals surface area contributed by atoms with E-state index in [9.17, 15) is 9.90 Å². The summed E-state index contributed by atoms with van der Waals surface area (Å²) in [6.45, 7) is 5.58. The van der Waals surface area contributed by atoms with Gasteiger partial charge >= 0.3 is 0 Å². The number of rotatable bonds is 0. The fourth-order valence-corrected chi connectivity index (χ4v) is 1.30. The molecule has 1 aliphatic rings. The Morgan fingerprint density at radius 3 is 2.67 bits per heavy atom. The summed E-state index contributed by atoms with van der Waals surface area (Å²) in [6, 6.07) is -0.124. The first kappa shape index (κ1) is 9.26. The maximum Gasteiger partial charge on any atom is 0.247 e. The number of carbonyl (C=O) groups is 1. The Hall–Kier alpha value is -0.830. The summed E-state index contributed by atoms with van der Waals surface area (Å²) in [4.78, 5) is 11.3. The first-order valence-corrected chi connectivity index (χ1v) is 4.17. The Balaban J connectivity index is 2.82. The van der Waals surface area contributed by atoms with Gasteiger partial charge in [-0.2, -0.15) is 0 Å². The lowest BCUT2D eigenvalue weighted by atomic mass is 9.94. The molecule has 68 valence electrons. The van der Waals surface area contributed by atoms with Crippen LogP contribution in [0.5, 0.6) is 0 Å². The Bertz CT molecular complexity index is 229. The quantitative estimate of drug-likeness (QED) is 0.521. The number of amides is 1. The average Bonchev–Trinajstić information content (AvgIpc) is 1.96. The predicted octanol–water partition coefficient (Wildman–Crippen LogP) is 0.592. The highest BCUT2D eigenvalue weighted by Crippen LogP contribution is 2.18. The van der Waals surface area contributed by atoms with Crippen LogP contribution in [0.2, 0.25) is 0 Å². The number of allylic oxidation sites excluding steroid dienone is 1. The van der Waals surface area contributed by atoms with E-state index in [2.05, 4.69) is 5.32 Å². The predicted molar refractivity (Wildman–Crippen MR) is 46.6 cm³/mol. The van der Waals surface area contributed by atoms with Crippen LogP contribution in [-0.4, -0.2) is 23.2 Å². The molecular formula is C9H15NO2. The molecule has 2 N–H and O–H groups in total. The van der Waals surface area contributed by atoms with Gasteiger partial charge in [0.2, 0.25) is 5.91 Å². The fourth-order valence-electron chi connectivity index (χ4n) is 1.30. The van der Waals surface area contributed by atoms with E-state index in [1.807, 2.05) is 20.8 Å². The van der Waals surface area contributed by atoms with Gasteiger partial charge in [0.05, 0.1) is 12.1 Å². The molecule has 0 bridgehead atoms. The Morgan fingerprint density at radius 1 is 1.58 bits per heavy atom. The Labute approximate surface area is 72.5 Å². The number of nitrogens with one attached hydrogen (secondary N) is 1. The summed E-state index contributed by atoms with van der Waals surface area (Å²) in [5, 5.41) is 12.2. The summed E-state index contributed by atoms with van der Waals surface area (Å²) in [7, 11) is 0. The molecule has 12 heavy (non-hydrogen) atoms. The minimum absolute atomic E-state index is 0.0344. The second-order valence-corrected chi connectivity index (χ2v) is 3.51. The Kier molecular flexibility index (Phi) is 2.52. The van der Waals surface area contributed by atoms with Crippen molar-refractivity contribution in [2.24, 2.45) is 0 Å². The lowest BCUT2D eigenvalue weighted by Crippen LogP contribution is -2.47. The van der Waals surface area contributed by atoms with E-state index in [-0.39, 0.29) is 11.9 Å². The lowest BCUT2D eigenvalue weighted by Gasteiger charge is -2.27. The van der Waals surface area contributed by atoms with Crippen molar-refractivity contribution in [2.75, 3.05) is 0 Å². The maximum absolute atomic E-state index is 11.3. The van der Waals surface area contributed by atoms with E-state index >= 15 is 0 Å². The highest BCUT2D eigenvalue weighted by atomic mass is 16.3. The van der Waals surface area contributed by atoms with Gasteiger partial charge in [0.15, 0.2) is 0 Å². The van der Waals surface area contributed by atoms with Crippen LogP contribution in [0.25, 0.3) is 0 Å². The van der Waals surface area contributed by atoms with Crippen LogP contribution < -0.4 is 5.32 Å². The van der Waals surface area contributed by atoms with Gasteiger partial charge in [-0.05, 0) is 20.8 Å². The average molecular weight is 169 g/mol. The van der Waals surface area contributed by atoms with E-state index in [4.69, 9.17) is 0 Å². The van der Waals surface area contributed by atoms with E-state index in [1.165, 1.54) is 0 Å². The highest BCUT2D eigenvalue weighted by Gasteiger charge is 2.27. The molecule has 3 heteroatoms. The number of hydrogen-bond acceptors (Lipinski definition) is 2. The molecule has 1 rings (SSSR count). The molecule has 1 aliphatic heterocycles. The van der Waals surface area contributed by atoms with Crippen molar-refractivity contribution in [1.29, 1.82) is 0 Å². The smallest absolute Gasteiger partial charge is 0.247 e. The molecule has 1 heterocycles. The molecule has 0 unspecified atom stereocenters. The van der Waals surface area contributed by atoms with E-state index in [1.54, 1.807) is 0 Å². The monoisotopic (exact) mass is 169 g/mol. The van der Waals surface area contributed by atoms with Crippen molar-refractivity contribution in [1.82, 2.24) is 5.32 Å². The van der Waals surface area contributed by atoms with Gasteiger partial charge in [-0.15, -0.1) is 0 Å². The van der Waals surface area contributed by atoms with Crippen molar-refractivity contribution >= 4 is 5.91 Å². The van der Waals surface area contributed by atoms with Crippen molar-refractivity contribution < 1.29 is 9.90 Å². The number of aliphatic hydroxyl groups is 1. The van der Waals surface area contributed by atoms with Gasteiger partial charge in [-0.1, -0.05) is 5.57 Å². The second-order valence-electron chi connectivity index (χ2n) is 3.51. The Morgan fingerprint density at radius 2 is 2.17 bits per heavy atom. The highest BCUT2D eigenvalue weighted by molar-refractivity contribution is 5.95. The van der Waals surface area contributed by atoms with Gasteiger partial charge in [0, 0.05) is 12.0 Å². The third-order valence-corrected chi connectivity index (χ3v) is 2.23. The van der Waals surface area contributed by atoms with Crippen molar-refractivity contribution in [2.45, 2.75) is 39.3 Å². The molecule has 0 saturated carbocycles. The molecule has 0 aromatic carbocycles. The van der Waals surface area contributed by atoms with Crippen LogP contribution in [0.4, 0.5) is 0 Å². The molecule has 0 aromatic rings. The standard InChI is InChI=1S/C9H15NO2/c1-5(2)7-4-8(11)6(3)10-9(7)12/h6,8,11H,4H2,1-3H3,(H,10,12)/t6-,8-/m0/s1. The second kappa shape index (κ2) is 3.27. The third kappa shape index (κ3) is 1.67. The summed E-state index contributed by atoms with van der Waals surface area (Å²) < 4.78 is 0. The minimum Gasteiger partial charge on any atom is -0.391 e. The van der Waals surface area contributed by atoms with E-state index < -0.39 is 6.10 Å². The molecule has 0 aliphatic carbocycles.